The van der Waals surface area contributed by atoms with Gasteiger partial charge in [0, 0.05) is 34.4 Å². The summed E-state index contributed by atoms with van der Waals surface area (Å²) in [6.45, 7) is 0. The Labute approximate surface area is 125 Å². The second-order valence-corrected chi connectivity index (χ2v) is 6.40. The molecule has 3 aliphatic carbocycles. The number of carbonyl (C=O) groups excluding carboxylic acids is 2. The van der Waals surface area contributed by atoms with Crippen molar-refractivity contribution < 1.29 is 14.0 Å². The molecule has 1 saturated carbocycles. The number of hydrogen-bond acceptors (Lipinski definition) is 3. The summed E-state index contributed by atoms with van der Waals surface area (Å²) in [7, 11) is 0. The summed E-state index contributed by atoms with van der Waals surface area (Å²) in [4.78, 5) is 30.0. The average molecular weight is 293 g/mol. The van der Waals surface area contributed by atoms with Crippen LogP contribution in [0.4, 0.5) is 4.39 Å². The first-order chi connectivity index (χ1) is 10.6. The maximum Gasteiger partial charge on any atom is 0.192 e. The van der Waals surface area contributed by atoms with E-state index in [-0.39, 0.29) is 23.4 Å². The largest absolute Gasteiger partial charge is 0.289 e. The van der Waals surface area contributed by atoms with E-state index in [4.69, 9.17) is 0 Å². The molecule has 1 aromatic heterocycles. The number of ketones is 2. The minimum atomic E-state index is -0.394. The average Bonchev–Trinajstić information content (AvgIpc) is 3.12. The molecule has 0 aliphatic heterocycles. The van der Waals surface area contributed by atoms with Gasteiger partial charge in [0.1, 0.15) is 5.82 Å². The molecule has 0 spiro atoms. The van der Waals surface area contributed by atoms with E-state index in [1.54, 1.807) is 6.07 Å². The Morgan fingerprint density at radius 2 is 1.77 bits per heavy atom. The minimum Gasteiger partial charge on any atom is -0.289 e. The Morgan fingerprint density at radius 3 is 2.55 bits per heavy atom. The molecule has 3 nitrogen and oxygen atoms in total. The van der Waals surface area contributed by atoms with E-state index in [0.717, 1.165) is 30.4 Å². The summed E-state index contributed by atoms with van der Waals surface area (Å²) in [5.74, 6) is -0.0116. The second-order valence-electron chi connectivity index (χ2n) is 6.40. The molecule has 4 heteroatoms. The standard InChI is InChI=1S/C18H12FNO2/c19-10-3-4-11-13(6-10)20-7-12-16(11)18(22)15-9-2-1-8(5-9)14(15)17(12)21/h3-4,6-9H,1-2,5H2. The van der Waals surface area contributed by atoms with Crippen molar-refractivity contribution in [2.75, 3.05) is 0 Å². The number of hydrogen-bond donors (Lipinski definition) is 0. The van der Waals surface area contributed by atoms with Crippen molar-refractivity contribution in [3.05, 3.63) is 52.5 Å². The molecule has 22 heavy (non-hydrogen) atoms. The van der Waals surface area contributed by atoms with Crippen LogP contribution in [0, 0.1) is 17.7 Å². The van der Waals surface area contributed by atoms with E-state index in [0.29, 0.717) is 22.0 Å². The minimum absolute atomic E-state index is 0.0455. The predicted octanol–water partition coefficient (Wildman–Crippen LogP) is 3.48. The number of allylic oxidation sites excluding steroid dienone is 2. The van der Waals surface area contributed by atoms with Crippen molar-refractivity contribution in [3.8, 4) is 0 Å². The van der Waals surface area contributed by atoms with Crippen molar-refractivity contribution in [1.82, 2.24) is 4.98 Å². The van der Waals surface area contributed by atoms with Gasteiger partial charge in [0.05, 0.1) is 11.1 Å². The maximum absolute atomic E-state index is 13.4. The highest BCUT2D eigenvalue weighted by molar-refractivity contribution is 6.31. The first-order valence-electron chi connectivity index (χ1n) is 7.57. The van der Waals surface area contributed by atoms with Crippen molar-refractivity contribution in [3.63, 3.8) is 0 Å². The summed E-state index contributed by atoms with van der Waals surface area (Å²) in [5.41, 5.74) is 2.69. The van der Waals surface area contributed by atoms with Crippen LogP contribution in [0.2, 0.25) is 0 Å². The lowest BCUT2D eigenvalue weighted by atomic mass is 9.77. The highest BCUT2D eigenvalue weighted by atomic mass is 19.1. The maximum atomic E-state index is 13.4. The van der Waals surface area contributed by atoms with Gasteiger partial charge < -0.3 is 0 Å². The quantitative estimate of drug-likeness (QED) is 0.747. The van der Waals surface area contributed by atoms with Crippen LogP contribution in [0.15, 0.2) is 35.5 Å². The molecule has 1 fully saturated rings. The Hall–Kier alpha value is -2.36. The van der Waals surface area contributed by atoms with Crippen molar-refractivity contribution in [2.45, 2.75) is 19.3 Å². The van der Waals surface area contributed by atoms with E-state index in [2.05, 4.69) is 4.98 Å². The lowest BCUT2D eigenvalue weighted by Crippen LogP contribution is -2.26. The summed E-state index contributed by atoms with van der Waals surface area (Å²) in [5, 5.41) is 0.576. The zero-order valence-corrected chi connectivity index (χ0v) is 11.7. The molecule has 2 bridgehead atoms. The van der Waals surface area contributed by atoms with Gasteiger partial charge in [-0.15, -0.1) is 0 Å². The molecule has 5 rings (SSSR count). The van der Waals surface area contributed by atoms with Crippen LogP contribution in [-0.4, -0.2) is 16.6 Å². The number of benzene rings is 1. The van der Waals surface area contributed by atoms with Crippen molar-refractivity contribution >= 4 is 22.5 Å². The van der Waals surface area contributed by atoms with Gasteiger partial charge in [0.25, 0.3) is 0 Å². The zero-order valence-electron chi connectivity index (χ0n) is 11.7. The van der Waals surface area contributed by atoms with Crippen LogP contribution in [-0.2, 0) is 0 Å². The summed E-state index contributed by atoms with van der Waals surface area (Å²) >= 11 is 0. The second kappa shape index (κ2) is 3.88. The number of fused-ring (bicyclic) bond motifs is 7. The molecule has 1 aromatic carbocycles. The Balaban J connectivity index is 1.83. The number of rotatable bonds is 0. The van der Waals surface area contributed by atoms with Gasteiger partial charge in [-0.3, -0.25) is 14.6 Å². The Bertz CT molecular complexity index is 928. The third kappa shape index (κ3) is 1.33. The highest BCUT2D eigenvalue weighted by Crippen LogP contribution is 2.52. The number of pyridine rings is 1. The van der Waals surface area contributed by atoms with E-state index < -0.39 is 5.82 Å². The van der Waals surface area contributed by atoms with E-state index in [1.807, 2.05) is 0 Å². The molecule has 0 radical (unpaired) electrons. The van der Waals surface area contributed by atoms with Crippen LogP contribution >= 0.6 is 0 Å². The van der Waals surface area contributed by atoms with E-state index in [1.165, 1.54) is 18.3 Å². The fraction of sp³-hybridized carbons (Fsp3) is 0.278. The van der Waals surface area contributed by atoms with Gasteiger partial charge in [0.15, 0.2) is 11.6 Å². The summed E-state index contributed by atoms with van der Waals surface area (Å²) in [6, 6.07) is 4.17. The van der Waals surface area contributed by atoms with Crippen LogP contribution < -0.4 is 0 Å². The first kappa shape index (κ1) is 12.2. The molecule has 0 saturated heterocycles. The molecular formula is C18H12FNO2. The van der Waals surface area contributed by atoms with Crippen LogP contribution in [0.1, 0.15) is 40.0 Å². The zero-order chi connectivity index (χ0) is 15.0. The molecular weight excluding hydrogens is 281 g/mol. The fourth-order valence-electron chi connectivity index (χ4n) is 4.42. The van der Waals surface area contributed by atoms with Crippen molar-refractivity contribution in [2.24, 2.45) is 11.8 Å². The van der Waals surface area contributed by atoms with Crippen LogP contribution in [0.25, 0.3) is 10.9 Å². The van der Waals surface area contributed by atoms with Crippen molar-refractivity contribution in [1.29, 1.82) is 0 Å². The van der Waals surface area contributed by atoms with Gasteiger partial charge in [-0.25, -0.2) is 4.39 Å². The lowest BCUT2D eigenvalue weighted by molar-refractivity contribution is 0.0964. The topological polar surface area (TPSA) is 47.0 Å². The molecule has 1 heterocycles. The predicted molar refractivity (Wildman–Crippen MR) is 78.2 cm³/mol. The van der Waals surface area contributed by atoms with Crippen LogP contribution in [0.5, 0.6) is 0 Å². The van der Waals surface area contributed by atoms with E-state index in [9.17, 15) is 14.0 Å². The van der Waals surface area contributed by atoms with Gasteiger partial charge >= 0.3 is 0 Å². The monoisotopic (exact) mass is 293 g/mol. The molecule has 3 aliphatic rings. The number of Topliss-reactive ketones (excluding diaryl/α,β-unsaturated/α-hetero) is 2. The van der Waals surface area contributed by atoms with Crippen LogP contribution in [0.3, 0.4) is 0 Å². The number of halogens is 1. The van der Waals surface area contributed by atoms with Gasteiger partial charge in [-0.05, 0) is 43.2 Å². The number of carbonyl (C=O) groups is 2. The SMILES string of the molecule is O=C1C2=C(C(=O)c3c1cnc1cc(F)ccc31)C1CCC2C1. The molecule has 2 aromatic rings. The molecule has 2 unspecified atom stereocenters. The van der Waals surface area contributed by atoms with Gasteiger partial charge in [-0.2, -0.15) is 0 Å². The Morgan fingerprint density at radius 1 is 1.05 bits per heavy atom. The number of aromatic nitrogens is 1. The third-order valence-electron chi connectivity index (χ3n) is 5.33. The first-order valence-corrected chi connectivity index (χ1v) is 7.57. The van der Waals surface area contributed by atoms with E-state index >= 15 is 0 Å². The normalized spacial score (nSPS) is 25.9. The van der Waals surface area contributed by atoms with Gasteiger partial charge in [-0.1, -0.05) is 0 Å². The Kier molecular flexibility index (Phi) is 2.16. The molecule has 2 atom stereocenters. The third-order valence-corrected chi connectivity index (χ3v) is 5.33. The number of nitrogens with zero attached hydrogens (tertiary/aromatic N) is 1. The summed E-state index contributed by atoms with van der Waals surface area (Å²) < 4.78 is 13.4. The molecule has 108 valence electrons. The molecule has 0 N–H and O–H groups in total. The fourth-order valence-corrected chi connectivity index (χ4v) is 4.42. The smallest absolute Gasteiger partial charge is 0.192 e. The lowest BCUT2D eigenvalue weighted by Gasteiger charge is -2.24. The van der Waals surface area contributed by atoms with Gasteiger partial charge in [0.2, 0.25) is 0 Å². The molecule has 0 amide bonds. The summed E-state index contributed by atoms with van der Waals surface area (Å²) in [6.07, 6.45) is 4.36. The highest BCUT2D eigenvalue weighted by Gasteiger charge is 2.48.